The quantitative estimate of drug-likeness (QED) is 0.515. The number of hydrogen-bond donors (Lipinski definition) is 2. The molecule has 0 aliphatic carbocycles. The summed E-state index contributed by atoms with van der Waals surface area (Å²) in [6, 6.07) is 5.74. The van der Waals surface area contributed by atoms with Gasteiger partial charge in [0.1, 0.15) is 24.8 Å². The highest BCUT2D eigenvalue weighted by Crippen LogP contribution is 2.27. The van der Waals surface area contributed by atoms with Crippen molar-refractivity contribution in [3.05, 3.63) is 47.5 Å². The van der Waals surface area contributed by atoms with Gasteiger partial charge in [0, 0.05) is 27.1 Å². The van der Waals surface area contributed by atoms with E-state index in [9.17, 15) is 9.50 Å². The second-order valence-corrected chi connectivity index (χ2v) is 13.4. The Morgan fingerprint density at radius 2 is 2.12 bits per heavy atom. The predicted molar refractivity (Wildman–Crippen MR) is 102 cm³/mol. The minimum atomic E-state index is -1.11. The summed E-state index contributed by atoms with van der Waals surface area (Å²) in [7, 11) is -1.11. The van der Waals surface area contributed by atoms with Crippen LogP contribution in [-0.4, -0.2) is 37.6 Å². The number of rotatable bonds is 9. The van der Waals surface area contributed by atoms with Gasteiger partial charge >= 0.3 is 0 Å². The number of aliphatic hydroxyl groups excluding tert-OH is 1. The average Bonchev–Trinajstić information content (AvgIpc) is 2.99. The van der Waals surface area contributed by atoms with Gasteiger partial charge in [-0.3, -0.25) is 0 Å². The fourth-order valence-corrected chi connectivity index (χ4v) is 3.65. The van der Waals surface area contributed by atoms with E-state index in [1.807, 2.05) is 17.3 Å². The van der Waals surface area contributed by atoms with Crippen LogP contribution in [0.1, 0.15) is 30.6 Å². The van der Waals surface area contributed by atoms with Gasteiger partial charge in [0.05, 0.1) is 0 Å². The van der Waals surface area contributed by atoms with E-state index in [0.717, 1.165) is 36.6 Å². The zero-order valence-corrected chi connectivity index (χ0v) is 16.8. The third-order valence-electron chi connectivity index (χ3n) is 4.37. The monoisotopic (exact) mass is 366 g/mol. The summed E-state index contributed by atoms with van der Waals surface area (Å²) in [5, 5.41) is 14.0. The van der Waals surface area contributed by atoms with Crippen molar-refractivity contribution in [1.29, 1.82) is 0 Å². The minimum absolute atomic E-state index is 0.261. The van der Waals surface area contributed by atoms with Crippen LogP contribution in [0.2, 0.25) is 25.7 Å². The lowest BCUT2D eigenvalue weighted by molar-refractivity contribution is -0.00370. The van der Waals surface area contributed by atoms with Crippen molar-refractivity contribution in [3.63, 3.8) is 0 Å². The first-order valence-corrected chi connectivity index (χ1v) is 12.7. The van der Waals surface area contributed by atoms with Gasteiger partial charge in [-0.25, -0.2) is 4.39 Å². The molecule has 2 rings (SSSR count). The first-order valence-electron chi connectivity index (χ1n) is 9.04. The summed E-state index contributed by atoms with van der Waals surface area (Å²) in [4.78, 5) is 1.95. The fourth-order valence-electron chi connectivity index (χ4n) is 2.89. The van der Waals surface area contributed by atoms with Crippen molar-refractivity contribution < 1.29 is 14.2 Å². The van der Waals surface area contributed by atoms with E-state index in [2.05, 4.69) is 31.9 Å². The molecule has 4 nitrogen and oxygen atoms in total. The molecule has 1 aromatic rings. The molecule has 0 radical (unpaired) electrons. The van der Waals surface area contributed by atoms with Crippen molar-refractivity contribution in [1.82, 2.24) is 10.2 Å². The largest absolute Gasteiger partial charge is 0.384 e. The molecular formula is C19H31FN2O2Si. The summed E-state index contributed by atoms with van der Waals surface area (Å²) in [5.74, 6) is -0.261. The lowest BCUT2D eigenvalue weighted by Crippen LogP contribution is -2.42. The summed E-state index contributed by atoms with van der Waals surface area (Å²) in [6.07, 6.45) is 4.32. The smallest absolute Gasteiger partial charge is 0.131 e. The number of aryl methyl sites for hydroxylation is 1. The molecule has 2 N–H and O–H groups in total. The number of ether oxygens (including phenoxy) is 1. The molecule has 2 atom stereocenters. The van der Waals surface area contributed by atoms with Gasteiger partial charge in [-0.1, -0.05) is 39.1 Å². The third kappa shape index (κ3) is 5.83. The molecule has 2 unspecified atom stereocenters. The van der Waals surface area contributed by atoms with Crippen LogP contribution >= 0.6 is 0 Å². The average molecular weight is 367 g/mol. The molecular weight excluding hydrogens is 335 g/mol. The second kappa shape index (κ2) is 8.83. The molecule has 0 aromatic heterocycles. The molecule has 1 heterocycles. The molecule has 0 spiro atoms. The highest BCUT2D eigenvalue weighted by atomic mass is 28.3. The molecule has 1 aliphatic heterocycles. The Labute approximate surface area is 151 Å². The van der Waals surface area contributed by atoms with Crippen LogP contribution in [0.5, 0.6) is 0 Å². The van der Waals surface area contributed by atoms with Crippen LogP contribution in [0, 0.1) is 5.82 Å². The van der Waals surface area contributed by atoms with Crippen LogP contribution in [-0.2, 0) is 11.2 Å². The Bertz CT molecular complexity index is 589. The van der Waals surface area contributed by atoms with Gasteiger partial charge in [-0.2, -0.15) is 0 Å². The van der Waals surface area contributed by atoms with Crippen LogP contribution in [0.4, 0.5) is 4.39 Å². The highest BCUT2D eigenvalue weighted by Gasteiger charge is 2.29. The summed E-state index contributed by atoms with van der Waals surface area (Å²) in [5.41, 5.74) is 1.64. The lowest BCUT2D eigenvalue weighted by atomic mass is 9.97. The maximum atomic E-state index is 13.6. The number of aliphatic hydroxyl groups is 1. The fraction of sp³-hybridized carbons (Fsp3) is 0.579. The molecule has 0 bridgehead atoms. The van der Waals surface area contributed by atoms with Crippen molar-refractivity contribution in [2.45, 2.75) is 57.7 Å². The normalized spacial score (nSPS) is 18.5. The van der Waals surface area contributed by atoms with E-state index in [1.165, 1.54) is 12.1 Å². The van der Waals surface area contributed by atoms with Crippen molar-refractivity contribution >= 4 is 8.07 Å². The minimum Gasteiger partial charge on any atom is -0.384 e. The lowest BCUT2D eigenvalue weighted by Gasteiger charge is -2.31. The van der Waals surface area contributed by atoms with E-state index in [1.54, 1.807) is 6.07 Å². The molecule has 25 heavy (non-hydrogen) atoms. The maximum absolute atomic E-state index is 13.6. The van der Waals surface area contributed by atoms with Crippen molar-refractivity contribution in [2.24, 2.45) is 0 Å². The molecule has 1 aromatic carbocycles. The van der Waals surface area contributed by atoms with Crippen molar-refractivity contribution in [2.75, 3.05) is 13.3 Å². The van der Waals surface area contributed by atoms with Crippen LogP contribution in [0.25, 0.3) is 0 Å². The Morgan fingerprint density at radius 1 is 1.36 bits per heavy atom. The van der Waals surface area contributed by atoms with Gasteiger partial charge in [0.2, 0.25) is 0 Å². The van der Waals surface area contributed by atoms with Crippen LogP contribution < -0.4 is 5.32 Å². The summed E-state index contributed by atoms with van der Waals surface area (Å²) < 4.78 is 19.4. The van der Waals surface area contributed by atoms with Gasteiger partial charge in [0.25, 0.3) is 0 Å². The topological polar surface area (TPSA) is 44.7 Å². The first kappa shape index (κ1) is 19.9. The zero-order valence-electron chi connectivity index (χ0n) is 15.8. The van der Waals surface area contributed by atoms with Crippen LogP contribution in [0.3, 0.4) is 0 Å². The standard InChI is InChI=1S/C19H31FN2O2Si/c1-5-6-15-13-16(20)7-8-17(15)18(23)19-21-9-10-22(19)14-24-11-12-25(2,3)4/h7-10,13,18-19,21,23H,5-6,11-12,14H2,1-4H3. The van der Waals surface area contributed by atoms with Gasteiger partial charge < -0.3 is 20.1 Å². The zero-order chi connectivity index (χ0) is 18.4. The molecule has 0 fully saturated rings. The predicted octanol–water partition coefficient (Wildman–Crippen LogP) is 3.83. The van der Waals surface area contributed by atoms with Crippen molar-refractivity contribution in [3.8, 4) is 0 Å². The van der Waals surface area contributed by atoms with E-state index < -0.39 is 14.2 Å². The van der Waals surface area contributed by atoms with Crippen LogP contribution in [0.15, 0.2) is 30.6 Å². The van der Waals surface area contributed by atoms with Gasteiger partial charge in [0.15, 0.2) is 0 Å². The third-order valence-corrected chi connectivity index (χ3v) is 6.07. The second-order valence-electron chi connectivity index (χ2n) is 7.83. The Kier molecular flexibility index (Phi) is 7.04. The Morgan fingerprint density at radius 3 is 2.80 bits per heavy atom. The summed E-state index contributed by atoms with van der Waals surface area (Å²) >= 11 is 0. The number of hydrogen-bond acceptors (Lipinski definition) is 4. The summed E-state index contributed by atoms with van der Waals surface area (Å²) in [6.45, 7) is 10.2. The molecule has 0 amide bonds. The number of halogens is 1. The molecule has 0 saturated carbocycles. The highest BCUT2D eigenvalue weighted by molar-refractivity contribution is 6.76. The SMILES string of the molecule is CCCc1cc(F)ccc1C(O)C1NC=CN1COCC[Si](C)(C)C. The maximum Gasteiger partial charge on any atom is 0.131 e. The van der Waals surface area contributed by atoms with E-state index in [4.69, 9.17) is 4.74 Å². The number of benzene rings is 1. The molecule has 6 heteroatoms. The molecule has 140 valence electrons. The van der Waals surface area contributed by atoms with E-state index in [0.29, 0.717) is 6.73 Å². The first-order chi connectivity index (χ1) is 11.8. The molecule has 0 saturated heterocycles. The number of nitrogens with zero attached hydrogens (tertiary/aromatic N) is 1. The Hall–Kier alpha value is -1.37. The van der Waals surface area contributed by atoms with Gasteiger partial charge in [-0.05, 0) is 35.7 Å². The number of nitrogens with one attached hydrogen (secondary N) is 1. The Balaban J connectivity index is 2.00. The van der Waals surface area contributed by atoms with E-state index in [-0.39, 0.29) is 12.0 Å². The molecule has 1 aliphatic rings. The van der Waals surface area contributed by atoms with Gasteiger partial charge in [-0.15, -0.1) is 0 Å². The van der Waals surface area contributed by atoms with E-state index >= 15 is 0 Å².